The molecule has 0 aliphatic heterocycles. The summed E-state index contributed by atoms with van der Waals surface area (Å²) < 4.78 is 15.4. The second-order valence-corrected chi connectivity index (χ2v) is 3.84. The number of hydrogen-bond donors (Lipinski definition) is 2. The zero-order valence-corrected chi connectivity index (χ0v) is 9.60. The lowest BCUT2D eigenvalue weighted by atomic mass is 10.2. The second kappa shape index (κ2) is 4.97. The fraction of sp³-hybridized carbons (Fsp3) is 0.250. The molecule has 0 radical (unpaired) electrons. The number of aryl methyl sites for hydroxylation is 1. The summed E-state index contributed by atoms with van der Waals surface area (Å²) in [4.78, 5) is 4.03. The van der Waals surface area contributed by atoms with Gasteiger partial charge in [0.2, 0.25) is 0 Å². The number of imidazole rings is 1. The average Bonchev–Trinajstić information content (AvgIpc) is 2.75. The van der Waals surface area contributed by atoms with Crippen LogP contribution in [0.15, 0.2) is 36.8 Å². The Kier molecular flexibility index (Phi) is 3.39. The lowest BCUT2D eigenvalue weighted by Gasteiger charge is -2.18. The lowest BCUT2D eigenvalue weighted by molar-refractivity contribution is 0.622. The molecular formula is C12H15FN4. The molecule has 1 atom stereocenters. The van der Waals surface area contributed by atoms with Crippen molar-refractivity contribution in [2.75, 3.05) is 11.9 Å². The van der Waals surface area contributed by atoms with E-state index in [0.29, 0.717) is 12.2 Å². The summed E-state index contributed by atoms with van der Waals surface area (Å²) in [6.45, 7) is 0.369. The normalized spacial score (nSPS) is 12.4. The molecule has 5 heteroatoms. The van der Waals surface area contributed by atoms with Crippen molar-refractivity contribution in [1.82, 2.24) is 9.55 Å². The Balaban J connectivity index is 2.22. The van der Waals surface area contributed by atoms with Gasteiger partial charge in [-0.15, -0.1) is 0 Å². The summed E-state index contributed by atoms with van der Waals surface area (Å²) in [5.74, 6) is -0.284. The van der Waals surface area contributed by atoms with Crippen LogP contribution in [0, 0.1) is 5.82 Å². The van der Waals surface area contributed by atoms with E-state index in [0.717, 1.165) is 5.69 Å². The van der Waals surface area contributed by atoms with E-state index in [-0.39, 0.29) is 11.9 Å². The van der Waals surface area contributed by atoms with Gasteiger partial charge in [0.15, 0.2) is 0 Å². The molecule has 0 aliphatic rings. The molecule has 0 aliphatic carbocycles. The third-order valence-electron chi connectivity index (χ3n) is 2.65. The number of nitrogens with zero attached hydrogens (tertiary/aromatic N) is 2. The van der Waals surface area contributed by atoms with E-state index in [4.69, 9.17) is 5.73 Å². The number of aromatic nitrogens is 2. The first-order valence-electron chi connectivity index (χ1n) is 5.39. The zero-order valence-electron chi connectivity index (χ0n) is 9.60. The quantitative estimate of drug-likeness (QED) is 0.846. The highest BCUT2D eigenvalue weighted by atomic mass is 19.1. The highest BCUT2D eigenvalue weighted by molar-refractivity contribution is 5.46. The highest BCUT2D eigenvalue weighted by Crippen LogP contribution is 2.20. The number of nitrogens with two attached hydrogens (primary N) is 1. The molecule has 2 aromatic rings. The molecule has 0 saturated carbocycles. The maximum absolute atomic E-state index is 13.5. The van der Waals surface area contributed by atoms with E-state index in [2.05, 4.69) is 10.3 Å². The van der Waals surface area contributed by atoms with Crippen LogP contribution in [0.2, 0.25) is 0 Å². The van der Waals surface area contributed by atoms with E-state index < -0.39 is 0 Å². The molecule has 0 saturated heterocycles. The number of halogens is 1. The molecule has 0 fully saturated rings. The standard InChI is InChI=1S/C12H15FN4/c1-17-8-15-7-12(17)11(6-14)16-10-5-3-2-4-9(10)13/h2-5,7-8,11,16H,6,14H2,1H3. The van der Waals surface area contributed by atoms with Crippen LogP contribution in [0.25, 0.3) is 0 Å². The van der Waals surface area contributed by atoms with E-state index in [1.54, 1.807) is 30.7 Å². The summed E-state index contributed by atoms with van der Waals surface area (Å²) >= 11 is 0. The molecule has 3 N–H and O–H groups in total. The van der Waals surface area contributed by atoms with Crippen LogP contribution >= 0.6 is 0 Å². The first-order valence-corrected chi connectivity index (χ1v) is 5.39. The Morgan fingerprint density at radius 1 is 1.47 bits per heavy atom. The van der Waals surface area contributed by atoms with Crippen molar-refractivity contribution in [3.8, 4) is 0 Å². The van der Waals surface area contributed by atoms with Crippen LogP contribution in [0.4, 0.5) is 10.1 Å². The molecule has 1 aromatic heterocycles. The van der Waals surface area contributed by atoms with Gasteiger partial charge in [0.05, 0.1) is 29.9 Å². The van der Waals surface area contributed by atoms with Gasteiger partial charge in [0.1, 0.15) is 5.82 Å². The SMILES string of the molecule is Cn1cncc1C(CN)Nc1ccccc1F. The molecular weight excluding hydrogens is 219 g/mol. The number of para-hydroxylation sites is 1. The van der Waals surface area contributed by atoms with Crippen molar-refractivity contribution in [3.63, 3.8) is 0 Å². The van der Waals surface area contributed by atoms with Crippen LogP contribution in [0.1, 0.15) is 11.7 Å². The lowest BCUT2D eigenvalue weighted by Crippen LogP contribution is -2.23. The molecule has 1 unspecified atom stereocenters. The minimum absolute atomic E-state index is 0.153. The minimum atomic E-state index is -0.284. The predicted molar refractivity (Wildman–Crippen MR) is 65.0 cm³/mol. The largest absolute Gasteiger partial charge is 0.373 e. The van der Waals surface area contributed by atoms with Crippen molar-refractivity contribution in [3.05, 3.63) is 48.3 Å². The highest BCUT2D eigenvalue weighted by Gasteiger charge is 2.14. The number of rotatable bonds is 4. The monoisotopic (exact) mass is 234 g/mol. The Morgan fingerprint density at radius 2 is 2.24 bits per heavy atom. The molecule has 4 nitrogen and oxygen atoms in total. The zero-order chi connectivity index (χ0) is 12.3. The molecule has 2 rings (SSSR count). The fourth-order valence-corrected chi connectivity index (χ4v) is 1.72. The topological polar surface area (TPSA) is 55.9 Å². The molecule has 1 heterocycles. The van der Waals surface area contributed by atoms with Crippen LogP contribution < -0.4 is 11.1 Å². The van der Waals surface area contributed by atoms with E-state index >= 15 is 0 Å². The first kappa shape index (κ1) is 11.6. The van der Waals surface area contributed by atoms with Gasteiger partial charge in [-0.05, 0) is 12.1 Å². The number of anilines is 1. The Hall–Kier alpha value is -1.88. The molecule has 17 heavy (non-hydrogen) atoms. The van der Waals surface area contributed by atoms with Crippen molar-refractivity contribution in [1.29, 1.82) is 0 Å². The second-order valence-electron chi connectivity index (χ2n) is 3.84. The Labute approximate surface area is 99.3 Å². The summed E-state index contributed by atoms with van der Waals surface area (Å²) in [6.07, 6.45) is 3.42. The van der Waals surface area contributed by atoms with Crippen molar-refractivity contribution >= 4 is 5.69 Å². The van der Waals surface area contributed by atoms with Crippen molar-refractivity contribution in [2.24, 2.45) is 12.8 Å². The summed E-state index contributed by atoms with van der Waals surface area (Å²) in [6, 6.07) is 6.39. The molecule has 90 valence electrons. The van der Waals surface area contributed by atoms with Crippen LogP contribution in [0.5, 0.6) is 0 Å². The van der Waals surface area contributed by atoms with Gasteiger partial charge in [0.25, 0.3) is 0 Å². The fourth-order valence-electron chi connectivity index (χ4n) is 1.72. The van der Waals surface area contributed by atoms with Crippen LogP contribution in [-0.4, -0.2) is 16.1 Å². The van der Waals surface area contributed by atoms with Gasteiger partial charge in [-0.25, -0.2) is 9.37 Å². The molecule has 0 bridgehead atoms. The van der Waals surface area contributed by atoms with Crippen molar-refractivity contribution < 1.29 is 4.39 Å². The Bertz CT molecular complexity index is 495. The molecule has 0 spiro atoms. The number of hydrogen-bond acceptors (Lipinski definition) is 3. The Morgan fingerprint density at radius 3 is 2.82 bits per heavy atom. The molecule has 0 amide bonds. The van der Waals surface area contributed by atoms with E-state index in [1.807, 2.05) is 11.6 Å². The van der Waals surface area contributed by atoms with Gasteiger partial charge in [-0.1, -0.05) is 12.1 Å². The minimum Gasteiger partial charge on any atom is -0.373 e. The maximum atomic E-state index is 13.5. The van der Waals surface area contributed by atoms with Gasteiger partial charge < -0.3 is 15.6 Å². The van der Waals surface area contributed by atoms with Gasteiger partial charge >= 0.3 is 0 Å². The summed E-state index contributed by atoms with van der Waals surface area (Å²) in [5, 5.41) is 3.08. The van der Waals surface area contributed by atoms with Gasteiger partial charge in [-0.2, -0.15) is 0 Å². The van der Waals surface area contributed by atoms with Crippen LogP contribution in [0.3, 0.4) is 0 Å². The predicted octanol–water partition coefficient (Wildman–Crippen LogP) is 1.67. The smallest absolute Gasteiger partial charge is 0.146 e. The van der Waals surface area contributed by atoms with Crippen molar-refractivity contribution in [2.45, 2.75) is 6.04 Å². The third-order valence-corrected chi connectivity index (χ3v) is 2.65. The van der Waals surface area contributed by atoms with E-state index in [1.165, 1.54) is 6.07 Å². The third kappa shape index (κ3) is 2.45. The maximum Gasteiger partial charge on any atom is 0.146 e. The van der Waals surface area contributed by atoms with Gasteiger partial charge in [-0.3, -0.25) is 0 Å². The van der Waals surface area contributed by atoms with Gasteiger partial charge in [0, 0.05) is 13.6 Å². The van der Waals surface area contributed by atoms with E-state index in [9.17, 15) is 4.39 Å². The first-order chi connectivity index (χ1) is 8.22. The van der Waals surface area contributed by atoms with Crippen LogP contribution in [-0.2, 0) is 7.05 Å². The number of benzene rings is 1. The number of nitrogens with one attached hydrogen (secondary N) is 1. The average molecular weight is 234 g/mol. The molecule has 1 aromatic carbocycles. The summed E-state index contributed by atoms with van der Waals surface area (Å²) in [7, 11) is 1.88. The summed E-state index contributed by atoms with van der Waals surface area (Å²) in [5.41, 5.74) is 7.08.